The summed E-state index contributed by atoms with van der Waals surface area (Å²) in [5, 5.41) is 2.94. The zero-order chi connectivity index (χ0) is 15.0. The van der Waals surface area contributed by atoms with Crippen molar-refractivity contribution in [3.63, 3.8) is 0 Å². The first-order chi connectivity index (χ1) is 9.99. The van der Waals surface area contributed by atoms with Crippen LogP contribution in [0.15, 0.2) is 20.0 Å². The predicted molar refractivity (Wildman–Crippen MR) is 83.3 cm³/mol. The van der Waals surface area contributed by atoms with Crippen LogP contribution in [-0.4, -0.2) is 22.0 Å². The van der Waals surface area contributed by atoms with E-state index in [-0.39, 0.29) is 9.56 Å². The molecule has 1 heterocycles. The molecule has 3 rings (SSSR count). The minimum Gasteiger partial charge on any atom is -0.452 e. The Bertz CT molecular complexity index is 614. The number of furan rings is 1. The van der Waals surface area contributed by atoms with Crippen molar-refractivity contribution in [2.24, 2.45) is 17.8 Å². The van der Waals surface area contributed by atoms with E-state index in [1.807, 2.05) is 0 Å². The lowest BCUT2D eigenvalue weighted by Gasteiger charge is -2.21. The lowest BCUT2D eigenvalue weighted by molar-refractivity contribution is 0.332. The highest BCUT2D eigenvalue weighted by Crippen LogP contribution is 2.48. The number of halogens is 1. The van der Waals surface area contributed by atoms with Gasteiger partial charge in [0.1, 0.15) is 10.7 Å². The van der Waals surface area contributed by atoms with E-state index in [1.54, 1.807) is 13.1 Å². The van der Waals surface area contributed by atoms with Crippen molar-refractivity contribution in [3.05, 3.63) is 16.5 Å². The van der Waals surface area contributed by atoms with Gasteiger partial charge in [0.2, 0.25) is 10.0 Å². The minimum atomic E-state index is -3.51. The summed E-state index contributed by atoms with van der Waals surface area (Å²) < 4.78 is 33.3. The van der Waals surface area contributed by atoms with E-state index in [2.05, 4.69) is 26.0 Å². The Kier molecular flexibility index (Phi) is 4.45. The summed E-state index contributed by atoms with van der Waals surface area (Å²) in [6.45, 7) is 1.04. The Morgan fingerprint density at radius 3 is 2.81 bits per heavy atom. The fraction of sp³-hybridized carbons (Fsp3) is 0.714. The third kappa shape index (κ3) is 3.21. The maximum Gasteiger partial charge on any atom is 0.244 e. The van der Waals surface area contributed by atoms with Crippen molar-refractivity contribution < 1.29 is 12.8 Å². The van der Waals surface area contributed by atoms with Crippen LogP contribution < -0.4 is 10.0 Å². The van der Waals surface area contributed by atoms with E-state index in [4.69, 9.17) is 4.42 Å². The Hall–Kier alpha value is -0.370. The molecule has 0 amide bonds. The number of hydrogen-bond donors (Lipinski definition) is 2. The van der Waals surface area contributed by atoms with Crippen LogP contribution in [0.1, 0.15) is 31.4 Å². The van der Waals surface area contributed by atoms with E-state index in [1.165, 1.54) is 25.7 Å². The van der Waals surface area contributed by atoms with Gasteiger partial charge in [0, 0.05) is 12.6 Å². The molecule has 3 unspecified atom stereocenters. The second-order valence-electron chi connectivity index (χ2n) is 6.17. The van der Waals surface area contributed by atoms with Crippen molar-refractivity contribution in [2.75, 3.05) is 13.6 Å². The molecule has 0 radical (unpaired) electrons. The second-order valence-corrected chi connectivity index (χ2v) is 8.62. The van der Waals surface area contributed by atoms with Gasteiger partial charge in [-0.1, -0.05) is 6.42 Å². The summed E-state index contributed by atoms with van der Waals surface area (Å²) in [7, 11) is -1.72. The van der Waals surface area contributed by atoms with Crippen molar-refractivity contribution in [3.8, 4) is 0 Å². The molecular weight excluding hydrogens is 356 g/mol. The quantitative estimate of drug-likeness (QED) is 0.799. The highest BCUT2D eigenvalue weighted by Gasteiger charge is 2.39. The van der Waals surface area contributed by atoms with Gasteiger partial charge in [0.05, 0.1) is 6.54 Å². The van der Waals surface area contributed by atoms with Crippen LogP contribution in [0.2, 0.25) is 0 Å². The van der Waals surface area contributed by atoms with Crippen LogP contribution in [0.3, 0.4) is 0 Å². The lowest BCUT2D eigenvalue weighted by atomic mass is 9.89. The van der Waals surface area contributed by atoms with E-state index < -0.39 is 10.0 Å². The normalized spacial score (nSPS) is 28.4. The topological polar surface area (TPSA) is 71.3 Å². The van der Waals surface area contributed by atoms with Crippen LogP contribution in [-0.2, 0) is 16.6 Å². The molecule has 21 heavy (non-hydrogen) atoms. The predicted octanol–water partition coefficient (Wildman–Crippen LogP) is 2.48. The number of nitrogens with one attached hydrogen (secondary N) is 2. The first-order valence-corrected chi connectivity index (χ1v) is 9.69. The van der Waals surface area contributed by atoms with Crippen LogP contribution >= 0.6 is 15.9 Å². The summed E-state index contributed by atoms with van der Waals surface area (Å²) in [6, 6.07) is 1.57. The zero-order valence-corrected chi connectivity index (χ0v) is 14.5. The number of rotatable bonds is 6. The molecule has 2 saturated carbocycles. The van der Waals surface area contributed by atoms with Crippen molar-refractivity contribution >= 4 is 26.0 Å². The maximum atomic E-state index is 12.4. The van der Waals surface area contributed by atoms with Gasteiger partial charge in [0.25, 0.3) is 0 Å². The molecule has 0 saturated heterocycles. The number of fused-ring (bicyclic) bond motifs is 2. The van der Waals surface area contributed by atoms with Crippen LogP contribution in [0.4, 0.5) is 0 Å². The first-order valence-electron chi connectivity index (χ1n) is 7.42. The summed E-state index contributed by atoms with van der Waals surface area (Å²) in [4.78, 5) is 0.191. The average molecular weight is 377 g/mol. The Morgan fingerprint density at radius 1 is 1.38 bits per heavy atom. The van der Waals surface area contributed by atoms with Crippen LogP contribution in [0.25, 0.3) is 0 Å². The first kappa shape index (κ1) is 15.5. The molecule has 2 bridgehead atoms. The highest BCUT2D eigenvalue weighted by atomic mass is 79.9. The maximum absolute atomic E-state index is 12.4. The fourth-order valence-electron chi connectivity index (χ4n) is 3.76. The molecule has 0 spiro atoms. The van der Waals surface area contributed by atoms with Gasteiger partial charge in [-0.15, -0.1) is 0 Å². The van der Waals surface area contributed by atoms with Crippen LogP contribution in [0.5, 0.6) is 0 Å². The SMILES string of the molecule is CNCc1cc(S(=O)(=O)NCC2CC3CCC2C3)c(Br)o1. The Labute approximate surface area is 134 Å². The largest absolute Gasteiger partial charge is 0.452 e. The van der Waals surface area contributed by atoms with Gasteiger partial charge >= 0.3 is 0 Å². The molecule has 2 aliphatic carbocycles. The molecule has 2 aliphatic rings. The molecule has 2 fully saturated rings. The molecular formula is C14H21BrN2O3S. The minimum absolute atomic E-state index is 0.191. The van der Waals surface area contributed by atoms with Crippen molar-refractivity contribution in [1.29, 1.82) is 0 Å². The van der Waals surface area contributed by atoms with Crippen molar-refractivity contribution in [1.82, 2.24) is 10.0 Å². The summed E-state index contributed by atoms with van der Waals surface area (Å²) in [5.74, 6) is 2.64. The molecule has 1 aromatic heterocycles. The zero-order valence-electron chi connectivity index (χ0n) is 12.1. The molecule has 5 nitrogen and oxygen atoms in total. The van der Waals surface area contributed by atoms with Gasteiger partial charge in [-0.25, -0.2) is 13.1 Å². The average Bonchev–Trinajstić information content (AvgIpc) is 3.12. The molecule has 1 aromatic rings. The molecule has 3 atom stereocenters. The van der Waals surface area contributed by atoms with E-state index in [9.17, 15) is 8.42 Å². The summed E-state index contributed by atoms with van der Waals surface area (Å²) >= 11 is 3.20. The van der Waals surface area contributed by atoms with Gasteiger partial charge < -0.3 is 9.73 Å². The van der Waals surface area contributed by atoms with E-state index >= 15 is 0 Å². The fourth-order valence-corrected chi connectivity index (χ4v) is 5.85. The standard InChI is InChI=1S/C14H21BrN2O3S/c1-16-8-12-6-13(14(15)20-12)21(18,19)17-7-11-5-9-2-3-10(11)4-9/h6,9-11,16-17H,2-5,7-8H2,1H3. The molecule has 7 heteroatoms. The third-order valence-electron chi connectivity index (χ3n) is 4.77. The number of sulfonamides is 1. The molecule has 0 aromatic carbocycles. The molecule has 0 aliphatic heterocycles. The Balaban J connectivity index is 1.66. The van der Waals surface area contributed by atoms with Gasteiger partial charge in [0.15, 0.2) is 4.67 Å². The summed E-state index contributed by atoms with van der Waals surface area (Å²) in [5.41, 5.74) is 0. The highest BCUT2D eigenvalue weighted by molar-refractivity contribution is 9.10. The van der Waals surface area contributed by atoms with Gasteiger partial charge in [-0.2, -0.15) is 0 Å². The van der Waals surface area contributed by atoms with Gasteiger partial charge in [-0.3, -0.25) is 0 Å². The van der Waals surface area contributed by atoms with E-state index in [0.29, 0.717) is 30.7 Å². The summed E-state index contributed by atoms with van der Waals surface area (Å²) in [6.07, 6.45) is 5.05. The monoisotopic (exact) mass is 376 g/mol. The Morgan fingerprint density at radius 2 is 2.19 bits per heavy atom. The molecule has 2 N–H and O–H groups in total. The lowest BCUT2D eigenvalue weighted by Crippen LogP contribution is -2.31. The third-order valence-corrected chi connectivity index (χ3v) is 7.05. The van der Waals surface area contributed by atoms with Gasteiger partial charge in [-0.05, 0) is 60.0 Å². The second kappa shape index (κ2) is 6.02. The van der Waals surface area contributed by atoms with Crippen LogP contribution in [0, 0.1) is 17.8 Å². The van der Waals surface area contributed by atoms with Crippen molar-refractivity contribution in [2.45, 2.75) is 37.1 Å². The van der Waals surface area contributed by atoms with E-state index in [0.717, 1.165) is 5.92 Å². The number of hydrogen-bond acceptors (Lipinski definition) is 4. The molecule has 118 valence electrons. The smallest absolute Gasteiger partial charge is 0.244 e.